The lowest BCUT2D eigenvalue weighted by atomic mass is 9.85. The Hall–Kier alpha value is -3.93. The summed E-state index contributed by atoms with van der Waals surface area (Å²) in [5, 5.41) is 2.33. The molecule has 1 unspecified atom stereocenters. The van der Waals surface area contributed by atoms with Gasteiger partial charge in [-0.3, -0.25) is 0 Å². The topological polar surface area (TPSA) is 102 Å². The van der Waals surface area contributed by atoms with E-state index < -0.39 is 39.9 Å². The van der Waals surface area contributed by atoms with Crippen molar-refractivity contribution in [1.82, 2.24) is 5.32 Å². The zero-order valence-electron chi connectivity index (χ0n) is 26.8. The van der Waals surface area contributed by atoms with Crippen molar-refractivity contribution in [2.75, 3.05) is 33.5 Å². The number of esters is 1. The van der Waals surface area contributed by atoms with Crippen LogP contribution in [0.2, 0.25) is 5.02 Å². The number of halogens is 3. The number of nitrogens with one attached hydrogen (secondary N) is 1. The number of hydrogen-bond acceptors (Lipinski definition) is 8. The van der Waals surface area contributed by atoms with Gasteiger partial charge in [0.15, 0.2) is 23.5 Å². The molecule has 252 valence electrons. The highest BCUT2D eigenvalue weighted by Crippen LogP contribution is 2.50. The Morgan fingerprint density at radius 2 is 1.83 bits per heavy atom. The van der Waals surface area contributed by atoms with Crippen molar-refractivity contribution in [3.8, 4) is 22.6 Å². The fourth-order valence-corrected chi connectivity index (χ4v) is 5.96. The molecule has 3 aromatic carbocycles. The first-order chi connectivity index (χ1) is 22.4. The third kappa shape index (κ3) is 7.80. The Kier molecular flexibility index (Phi) is 10.6. The summed E-state index contributed by atoms with van der Waals surface area (Å²) in [7, 11) is 1.16. The molecular formula is C35H38ClF2NO8. The van der Waals surface area contributed by atoms with Gasteiger partial charge in [0, 0.05) is 35.8 Å². The second kappa shape index (κ2) is 14.5. The van der Waals surface area contributed by atoms with Crippen LogP contribution in [0.4, 0.5) is 13.6 Å². The molecule has 1 fully saturated rings. The quantitative estimate of drug-likeness (QED) is 0.176. The minimum atomic E-state index is -1.26. The van der Waals surface area contributed by atoms with Gasteiger partial charge in [0.2, 0.25) is 0 Å². The number of amides is 1. The van der Waals surface area contributed by atoms with E-state index in [9.17, 15) is 9.59 Å². The van der Waals surface area contributed by atoms with Gasteiger partial charge >= 0.3 is 12.1 Å². The van der Waals surface area contributed by atoms with Crippen molar-refractivity contribution in [2.24, 2.45) is 0 Å². The van der Waals surface area contributed by atoms with Crippen LogP contribution in [-0.2, 0) is 31.0 Å². The summed E-state index contributed by atoms with van der Waals surface area (Å²) < 4.78 is 65.8. The Morgan fingerprint density at radius 3 is 2.51 bits per heavy atom. The molecule has 2 heterocycles. The molecule has 1 N–H and O–H groups in total. The molecule has 1 amide bonds. The number of benzene rings is 3. The van der Waals surface area contributed by atoms with Gasteiger partial charge in [-0.05, 0) is 57.7 Å². The lowest BCUT2D eigenvalue weighted by molar-refractivity contribution is -0.165. The maximum absolute atomic E-state index is 16.5. The number of fused-ring (bicyclic) bond motifs is 1. The Morgan fingerprint density at radius 1 is 1.06 bits per heavy atom. The summed E-state index contributed by atoms with van der Waals surface area (Å²) in [5.41, 5.74) is -1.62. The number of carbonyl (C=O) groups is 2. The predicted molar refractivity (Wildman–Crippen MR) is 170 cm³/mol. The van der Waals surface area contributed by atoms with Crippen molar-refractivity contribution >= 4 is 23.7 Å². The monoisotopic (exact) mass is 673 g/mol. The fraction of sp³-hybridized carbons (Fsp3) is 0.429. The second-order valence-electron chi connectivity index (χ2n) is 12.3. The Balaban J connectivity index is 1.53. The number of methoxy groups -OCH3 is 1. The maximum atomic E-state index is 16.5. The summed E-state index contributed by atoms with van der Waals surface area (Å²) in [4.78, 5) is 25.6. The smallest absolute Gasteiger partial charge is 0.407 e. The molecule has 2 atom stereocenters. The van der Waals surface area contributed by atoms with Gasteiger partial charge in [0.25, 0.3) is 0 Å². The van der Waals surface area contributed by atoms with Gasteiger partial charge in [-0.15, -0.1) is 0 Å². The third-order valence-electron chi connectivity index (χ3n) is 7.82. The highest BCUT2D eigenvalue weighted by atomic mass is 35.5. The highest BCUT2D eigenvalue weighted by molar-refractivity contribution is 6.34. The molecule has 2 aliphatic heterocycles. The molecule has 0 saturated carbocycles. The van der Waals surface area contributed by atoms with Crippen LogP contribution in [0, 0.1) is 11.6 Å². The Labute approximate surface area is 277 Å². The summed E-state index contributed by atoms with van der Waals surface area (Å²) in [6.07, 6.45) is 1.72. The van der Waals surface area contributed by atoms with E-state index in [1.54, 1.807) is 45.0 Å². The van der Waals surface area contributed by atoms with Gasteiger partial charge in [-0.2, -0.15) is 0 Å². The minimum absolute atomic E-state index is 0.0145. The third-order valence-corrected chi connectivity index (χ3v) is 8.18. The predicted octanol–water partition coefficient (Wildman–Crippen LogP) is 7.35. The largest absolute Gasteiger partial charge is 0.488 e. The highest BCUT2D eigenvalue weighted by Gasteiger charge is 2.45. The van der Waals surface area contributed by atoms with Crippen molar-refractivity contribution in [2.45, 2.75) is 63.9 Å². The van der Waals surface area contributed by atoms with Gasteiger partial charge in [-0.1, -0.05) is 41.9 Å². The van der Waals surface area contributed by atoms with E-state index in [0.29, 0.717) is 17.7 Å². The Bertz CT molecular complexity index is 1610. The molecule has 0 bridgehead atoms. The van der Waals surface area contributed by atoms with E-state index in [0.717, 1.165) is 32.4 Å². The first-order valence-electron chi connectivity index (χ1n) is 15.4. The molecule has 2 aliphatic rings. The maximum Gasteiger partial charge on any atom is 0.407 e. The van der Waals surface area contributed by atoms with Crippen molar-refractivity contribution in [3.63, 3.8) is 0 Å². The van der Waals surface area contributed by atoms with Crippen LogP contribution in [0.15, 0.2) is 48.5 Å². The molecule has 9 nitrogen and oxygen atoms in total. The van der Waals surface area contributed by atoms with Crippen LogP contribution in [0.5, 0.6) is 11.5 Å². The van der Waals surface area contributed by atoms with Crippen LogP contribution >= 0.6 is 11.6 Å². The molecule has 0 aliphatic carbocycles. The SMILES string of the molecule is COC(=O)c1ccc(OCCOC2CCCCO2)c(F)c1-c1c(Cl)c(F)cc2c1C[C@@](CNC(=O)OC(C)(C)C)(c1ccccc1)O2. The number of ether oxygens (including phenoxy) is 6. The standard InChI is InChI=1S/C35H38ClF2NO8/c1-34(2,3)47-33(41)39-20-35(21-10-6-5-7-11-21)19-23-26(46-35)18-24(37)30(36)28(23)29-22(32(40)42-4)13-14-25(31(29)38)43-16-17-45-27-12-8-9-15-44-27/h5-7,10-11,13-14,18,27H,8-9,12,15-17,19-20H2,1-4H3,(H,39,41)/t27?,35-/m1/s1. The van der Waals surface area contributed by atoms with Crippen LogP contribution in [0.3, 0.4) is 0 Å². The van der Waals surface area contributed by atoms with Crippen LogP contribution in [0.25, 0.3) is 11.1 Å². The van der Waals surface area contributed by atoms with Crippen molar-refractivity contribution in [1.29, 1.82) is 0 Å². The molecule has 3 aromatic rings. The molecular weight excluding hydrogens is 636 g/mol. The molecule has 47 heavy (non-hydrogen) atoms. The van der Waals surface area contributed by atoms with E-state index in [2.05, 4.69) is 5.32 Å². The van der Waals surface area contributed by atoms with E-state index in [1.807, 2.05) is 6.07 Å². The number of alkyl carbamates (subject to hydrolysis) is 1. The molecule has 0 aromatic heterocycles. The van der Waals surface area contributed by atoms with Gasteiger partial charge < -0.3 is 33.7 Å². The summed E-state index contributed by atoms with van der Waals surface area (Å²) in [6, 6.07) is 12.8. The summed E-state index contributed by atoms with van der Waals surface area (Å²) in [6.45, 7) is 5.86. The number of rotatable bonds is 10. The van der Waals surface area contributed by atoms with Gasteiger partial charge in [0.1, 0.15) is 23.8 Å². The number of hydrogen-bond donors (Lipinski definition) is 1. The van der Waals surface area contributed by atoms with Crippen LogP contribution in [-0.4, -0.2) is 57.4 Å². The molecule has 12 heteroatoms. The van der Waals surface area contributed by atoms with Crippen LogP contribution < -0.4 is 14.8 Å². The van der Waals surface area contributed by atoms with E-state index in [-0.39, 0.29) is 60.7 Å². The molecule has 5 rings (SSSR count). The van der Waals surface area contributed by atoms with Gasteiger partial charge in [0.05, 0.1) is 30.8 Å². The lowest BCUT2D eigenvalue weighted by Crippen LogP contribution is -2.45. The first kappa shape index (κ1) is 34.4. The van der Waals surface area contributed by atoms with E-state index >= 15 is 8.78 Å². The van der Waals surface area contributed by atoms with Crippen LogP contribution in [0.1, 0.15) is 61.5 Å². The average molecular weight is 674 g/mol. The second-order valence-corrected chi connectivity index (χ2v) is 12.7. The van der Waals surface area contributed by atoms with Gasteiger partial charge in [-0.25, -0.2) is 18.4 Å². The normalized spacial score (nSPS) is 19.0. The molecule has 1 saturated heterocycles. The van der Waals surface area contributed by atoms with E-state index in [1.165, 1.54) is 12.1 Å². The zero-order chi connectivity index (χ0) is 33.8. The summed E-state index contributed by atoms with van der Waals surface area (Å²) >= 11 is 6.59. The van der Waals surface area contributed by atoms with Crippen molar-refractivity contribution in [3.05, 3.63) is 81.9 Å². The number of carbonyl (C=O) groups excluding carboxylic acids is 2. The zero-order valence-corrected chi connectivity index (χ0v) is 27.5. The first-order valence-corrected chi connectivity index (χ1v) is 15.8. The lowest BCUT2D eigenvalue weighted by Gasteiger charge is -2.30. The van der Waals surface area contributed by atoms with Crippen molar-refractivity contribution < 1.29 is 46.8 Å². The summed E-state index contributed by atoms with van der Waals surface area (Å²) in [5.74, 6) is -2.83. The van der Waals surface area contributed by atoms with E-state index in [4.69, 9.17) is 40.0 Å². The molecule has 0 radical (unpaired) electrons. The average Bonchev–Trinajstić information content (AvgIpc) is 3.42. The fourth-order valence-electron chi connectivity index (χ4n) is 5.70. The minimum Gasteiger partial charge on any atom is -0.488 e. The molecule has 0 spiro atoms.